The molecule has 0 aliphatic carbocycles. The fourth-order valence-corrected chi connectivity index (χ4v) is 3.67. The quantitative estimate of drug-likeness (QED) is 0.0691. The highest BCUT2D eigenvalue weighted by Crippen LogP contribution is 2.11. The first kappa shape index (κ1) is 40.9. The summed E-state index contributed by atoms with van der Waals surface area (Å²) in [5.74, 6) is -1.61. The molecule has 0 saturated heterocycles. The van der Waals surface area contributed by atoms with E-state index >= 15 is 0 Å². The molecule has 0 unspecified atom stereocenters. The molecular weight excluding hydrogens is 572 g/mol. The van der Waals surface area contributed by atoms with Gasteiger partial charge in [0.1, 0.15) is 22.8 Å². The van der Waals surface area contributed by atoms with Crippen LogP contribution in [0, 0.1) is 0 Å². The lowest BCUT2D eigenvalue weighted by Gasteiger charge is -2.23. The van der Waals surface area contributed by atoms with Gasteiger partial charge in [0, 0.05) is 13.1 Å². The SMILES string of the molecule is CC(C)(C)OC(=O)NCCCCCCCCNCC(=O)OC(=O)[C@H](CCCCNC(=O)OC(C)(C)C)NC(=O)OC(C)(C)C. The summed E-state index contributed by atoms with van der Waals surface area (Å²) >= 11 is 0. The molecule has 0 aromatic rings. The van der Waals surface area contributed by atoms with Gasteiger partial charge in [0.15, 0.2) is 0 Å². The van der Waals surface area contributed by atoms with Crippen molar-refractivity contribution in [1.82, 2.24) is 21.3 Å². The van der Waals surface area contributed by atoms with Crippen LogP contribution in [0.4, 0.5) is 14.4 Å². The van der Waals surface area contributed by atoms with Gasteiger partial charge < -0.3 is 40.2 Å². The van der Waals surface area contributed by atoms with E-state index in [0.717, 1.165) is 38.5 Å². The van der Waals surface area contributed by atoms with Gasteiger partial charge in [-0.3, -0.25) is 4.79 Å². The molecule has 0 aromatic carbocycles. The average Bonchev–Trinajstić information content (AvgIpc) is 2.83. The Morgan fingerprint density at radius 3 is 1.43 bits per heavy atom. The molecule has 0 spiro atoms. The van der Waals surface area contributed by atoms with Crippen molar-refractivity contribution in [2.75, 3.05) is 26.2 Å². The van der Waals surface area contributed by atoms with Crippen molar-refractivity contribution < 1.29 is 42.9 Å². The molecule has 4 N–H and O–H groups in total. The number of unbranched alkanes of at least 4 members (excludes halogenated alkanes) is 6. The van der Waals surface area contributed by atoms with Crippen molar-refractivity contribution in [3.63, 3.8) is 0 Å². The lowest BCUT2D eigenvalue weighted by atomic mass is 10.1. The monoisotopic (exact) mass is 630 g/mol. The minimum Gasteiger partial charge on any atom is -0.444 e. The summed E-state index contributed by atoms with van der Waals surface area (Å²) in [7, 11) is 0. The van der Waals surface area contributed by atoms with Crippen LogP contribution in [0.15, 0.2) is 0 Å². The fraction of sp³-hybridized carbons (Fsp3) is 0.839. The lowest BCUT2D eigenvalue weighted by molar-refractivity contribution is -0.160. The Morgan fingerprint density at radius 1 is 0.545 bits per heavy atom. The number of esters is 2. The Morgan fingerprint density at radius 2 is 0.955 bits per heavy atom. The third-order valence-electron chi connectivity index (χ3n) is 5.50. The predicted octanol–water partition coefficient (Wildman–Crippen LogP) is 5.10. The van der Waals surface area contributed by atoms with Gasteiger partial charge in [-0.05, 0) is 101 Å². The van der Waals surface area contributed by atoms with Crippen molar-refractivity contribution in [1.29, 1.82) is 0 Å². The first-order valence-corrected chi connectivity index (χ1v) is 15.7. The highest BCUT2D eigenvalue weighted by molar-refractivity contribution is 5.91. The predicted molar refractivity (Wildman–Crippen MR) is 167 cm³/mol. The van der Waals surface area contributed by atoms with E-state index < -0.39 is 53.1 Å². The van der Waals surface area contributed by atoms with E-state index in [1.807, 2.05) is 20.8 Å². The van der Waals surface area contributed by atoms with E-state index in [9.17, 15) is 24.0 Å². The third kappa shape index (κ3) is 26.5. The molecule has 0 aliphatic heterocycles. The van der Waals surface area contributed by atoms with Crippen molar-refractivity contribution in [2.24, 2.45) is 0 Å². The van der Waals surface area contributed by atoms with Crippen LogP contribution >= 0.6 is 0 Å². The number of rotatable bonds is 18. The van der Waals surface area contributed by atoms with Crippen LogP contribution in [0.2, 0.25) is 0 Å². The molecule has 0 aliphatic rings. The molecular formula is C31H58N4O9. The smallest absolute Gasteiger partial charge is 0.408 e. The molecule has 0 rings (SSSR count). The van der Waals surface area contributed by atoms with Gasteiger partial charge in [0.05, 0.1) is 6.54 Å². The number of nitrogens with one attached hydrogen (secondary N) is 4. The van der Waals surface area contributed by atoms with Crippen molar-refractivity contribution in [3.05, 3.63) is 0 Å². The summed E-state index contributed by atoms with van der Waals surface area (Å²) in [4.78, 5) is 60.6. The Labute approximate surface area is 263 Å². The molecule has 13 nitrogen and oxygen atoms in total. The van der Waals surface area contributed by atoms with Crippen LogP contribution in [0.3, 0.4) is 0 Å². The summed E-state index contributed by atoms with van der Waals surface area (Å²) in [6.45, 7) is 17.2. The number of carbonyl (C=O) groups is 5. The highest BCUT2D eigenvalue weighted by Gasteiger charge is 2.27. The summed E-state index contributed by atoms with van der Waals surface area (Å²) in [5, 5.41) is 10.8. The Bertz CT molecular complexity index is 890. The number of amides is 3. The maximum absolute atomic E-state index is 12.7. The van der Waals surface area contributed by atoms with Gasteiger partial charge in [0.2, 0.25) is 0 Å². The Balaban J connectivity index is 4.32. The Kier molecular flexibility index (Phi) is 19.3. The van der Waals surface area contributed by atoms with Gasteiger partial charge in [0.25, 0.3) is 0 Å². The van der Waals surface area contributed by atoms with Crippen LogP contribution in [-0.2, 0) is 28.5 Å². The van der Waals surface area contributed by atoms with E-state index in [-0.39, 0.29) is 13.0 Å². The third-order valence-corrected chi connectivity index (χ3v) is 5.50. The van der Waals surface area contributed by atoms with E-state index in [4.69, 9.17) is 18.9 Å². The molecule has 13 heteroatoms. The number of carbonyl (C=O) groups excluding carboxylic acids is 5. The molecule has 0 aromatic heterocycles. The molecule has 0 heterocycles. The molecule has 3 amide bonds. The van der Waals surface area contributed by atoms with Crippen LogP contribution < -0.4 is 21.3 Å². The summed E-state index contributed by atoms with van der Waals surface area (Å²) in [5.41, 5.74) is -1.88. The van der Waals surface area contributed by atoms with Gasteiger partial charge in [-0.15, -0.1) is 0 Å². The van der Waals surface area contributed by atoms with Crippen molar-refractivity contribution in [3.8, 4) is 0 Å². The Hall–Kier alpha value is -3.09. The maximum atomic E-state index is 12.7. The average molecular weight is 631 g/mol. The van der Waals surface area contributed by atoms with E-state index in [0.29, 0.717) is 32.5 Å². The van der Waals surface area contributed by atoms with Crippen LogP contribution in [-0.4, -0.2) is 79.2 Å². The zero-order valence-electron chi connectivity index (χ0n) is 28.4. The number of ether oxygens (including phenoxy) is 4. The molecule has 44 heavy (non-hydrogen) atoms. The van der Waals surface area contributed by atoms with E-state index in [1.54, 1.807) is 41.5 Å². The zero-order chi connectivity index (χ0) is 33.8. The summed E-state index contributed by atoms with van der Waals surface area (Å²) in [6.07, 6.45) is 5.20. The van der Waals surface area contributed by atoms with Gasteiger partial charge >= 0.3 is 30.2 Å². The maximum Gasteiger partial charge on any atom is 0.408 e. The topological polar surface area (TPSA) is 170 Å². The molecule has 1 atom stereocenters. The molecule has 0 saturated carbocycles. The highest BCUT2D eigenvalue weighted by atomic mass is 16.6. The second-order valence-corrected chi connectivity index (χ2v) is 13.6. The molecule has 256 valence electrons. The second-order valence-electron chi connectivity index (χ2n) is 13.6. The first-order chi connectivity index (χ1) is 20.3. The van der Waals surface area contributed by atoms with Gasteiger partial charge in [-0.2, -0.15) is 0 Å². The van der Waals surface area contributed by atoms with Crippen molar-refractivity contribution in [2.45, 2.75) is 143 Å². The summed E-state index contributed by atoms with van der Waals surface area (Å²) in [6, 6.07) is -1.09. The molecule has 0 fully saturated rings. The number of alkyl carbamates (subject to hydrolysis) is 3. The standard InChI is InChI=1S/C31H58N4O9/c1-29(2,3)42-26(38)33-20-16-13-11-10-12-15-19-32-22-24(36)41-25(37)23(35-28(40)44-31(7,8)9)18-14-17-21-34-27(39)43-30(4,5)6/h23,32H,10-22H2,1-9H3,(H,33,38)(H,34,39)(H,35,40)/t23-/m0/s1. The fourth-order valence-electron chi connectivity index (χ4n) is 3.67. The molecule has 0 radical (unpaired) electrons. The van der Waals surface area contributed by atoms with Gasteiger partial charge in [-0.25, -0.2) is 19.2 Å². The molecule has 0 bridgehead atoms. The normalized spacial score (nSPS) is 12.5. The largest absolute Gasteiger partial charge is 0.444 e. The second kappa shape index (κ2) is 20.8. The number of hydrogen-bond acceptors (Lipinski definition) is 10. The zero-order valence-corrected chi connectivity index (χ0v) is 28.4. The minimum absolute atomic E-state index is 0.138. The number of hydrogen-bond donors (Lipinski definition) is 4. The van der Waals surface area contributed by atoms with E-state index in [2.05, 4.69) is 21.3 Å². The van der Waals surface area contributed by atoms with E-state index in [1.165, 1.54) is 0 Å². The van der Waals surface area contributed by atoms with Crippen LogP contribution in [0.1, 0.15) is 120 Å². The summed E-state index contributed by atoms with van der Waals surface area (Å²) < 4.78 is 20.6. The van der Waals surface area contributed by atoms with Crippen molar-refractivity contribution >= 4 is 30.2 Å². The minimum atomic E-state index is -1.09. The van der Waals surface area contributed by atoms with Gasteiger partial charge in [-0.1, -0.05) is 25.7 Å². The first-order valence-electron chi connectivity index (χ1n) is 15.7. The van der Waals surface area contributed by atoms with Crippen LogP contribution in [0.25, 0.3) is 0 Å². The lowest BCUT2D eigenvalue weighted by Crippen LogP contribution is -2.45. The van der Waals surface area contributed by atoms with Crippen LogP contribution in [0.5, 0.6) is 0 Å².